The lowest BCUT2D eigenvalue weighted by atomic mass is 10.3. The van der Waals surface area contributed by atoms with Gasteiger partial charge < -0.3 is 0 Å². The molecule has 0 amide bonds. The largest absolute Gasteiger partial charge is 0.272 e. The number of allylic oxidation sites excluding steroid dienone is 2. The summed E-state index contributed by atoms with van der Waals surface area (Å²) in [5.74, 6) is 0.658. The van der Waals surface area contributed by atoms with Gasteiger partial charge in [-0.15, -0.1) is 0 Å². The Morgan fingerprint density at radius 3 is 2.56 bits per heavy atom. The molecule has 1 rings (SSSR count). The Bertz CT molecular complexity index is 487. The summed E-state index contributed by atoms with van der Waals surface area (Å²) in [5.41, 5.74) is 0.719. The van der Waals surface area contributed by atoms with E-state index in [1.807, 2.05) is 39.0 Å². The summed E-state index contributed by atoms with van der Waals surface area (Å²) in [6.07, 6.45) is 7.96. The second kappa shape index (κ2) is 5.80. The summed E-state index contributed by atoms with van der Waals surface area (Å²) in [6.45, 7) is 5.75. The van der Waals surface area contributed by atoms with Crippen LogP contribution in [0.25, 0.3) is 12.3 Å². The Balaban J connectivity index is 3.58. The highest BCUT2D eigenvalue weighted by Crippen LogP contribution is 2.12. The maximum Gasteiger partial charge on any atom is 0.272 e. The Labute approximate surface area is 104 Å². The van der Waals surface area contributed by atoms with Crippen molar-refractivity contribution in [2.24, 2.45) is 0 Å². The summed E-state index contributed by atoms with van der Waals surface area (Å²) < 4.78 is 2.07. The highest BCUT2D eigenvalue weighted by atomic mass is 79.9. The number of rotatable bonds is 3. The van der Waals surface area contributed by atoms with Gasteiger partial charge in [0.2, 0.25) is 0 Å². The first-order valence-electron chi connectivity index (χ1n) is 5.22. The molecule has 3 nitrogen and oxygen atoms in total. The van der Waals surface area contributed by atoms with E-state index < -0.39 is 0 Å². The lowest BCUT2D eigenvalue weighted by molar-refractivity contribution is 0.889. The fourth-order valence-corrected chi connectivity index (χ4v) is 1.93. The van der Waals surface area contributed by atoms with Crippen LogP contribution in [-0.2, 0) is 6.42 Å². The average Bonchev–Trinajstić information content (AvgIpc) is 2.28. The van der Waals surface area contributed by atoms with Crippen molar-refractivity contribution in [2.45, 2.75) is 27.2 Å². The van der Waals surface area contributed by atoms with Crippen LogP contribution in [0.3, 0.4) is 0 Å². The minimum Gasteiger partial charge on any atom is -0.268 e. The normalized spacial score (nSPS) is 11.8. The van der Waals surface area contributed by atoms with Gasteiger partial charge in [-0.1, -0.05) is 19.1 Å². The third-order valence-electron chi connectivity index (χ3n) is 2.11. The maximum absolute atomic E-state index is 12.0. The van der Waals surface area contributed by atoms with Gasteiger partial charge >= 0.3 is 0 Å². The molecule has 0 aliphatic rings. The van der Waals surface area contributed by atoms with Crippen molar-refractivity contribution >= 4 is 28.2 Å². The molecule has 0 saturated heterocycles. The van der Waals surface area contributed by atoms with Crippen LogP contribution in [0.4, 0.5) is 0 Å². The van der Waals surface area contributed by atoms with Gasteiger partial charge in [-0.3, -0.25) is 9.36 Å². The van der Waals surface area contributed by atoms with Crippen LogP contribution < -0.4 is 5.56 Å². The van der Waals surface area contributed by atoms with E-state index in [9.17, 15) is 4.79 Å². The molecule has 0 aliphatic carbocycles. The number of aromatic nitrogens is 2. The van der Waals surface area contributed by atoms with E-state index >= 15 is 0 Å². The van der Waals surface area contributed by atoms with Gasteiger partial charge in [-0.2, -0.15) is 0 Å². The van der Waals surface area contributed by atoms with Crippen molar-refractivity contribution in [1.29, 1.82) is 0 Å². The third-order valence-corrected chi connectivity index (χ3v) is 2.90. The molecule has 86 valence electrons. The number of aryl methyl sites for hydroxylation is 1. The molecular formula is C12H15BrN2O. The summed E-state index contributed by atoms with van der Waals surface area (Å²) in [7, 11) is 0. The number of hydrogen-bond acceptors (Lipinski definition) is 2. The van der Waals surface area contributed by atoms with Gasteiger partial charge in [0, 0.05) is 6.20 Å². The zero-order valence-electron chi connectivity index (χ0n) is 9.70. The molecule has 0 bridgehead atoms. The van der Waals surface area contributed by atoms with E-state index in [0.717, 1.165) is 12.1 Å². The lowest BCUT2D eigenvalue weighted by Gasteiger charge is -2.08. The SMILES string of the molecule is C/C=C\c1nc(CC)c(Br)c(=O)n1/C=C\C. The third kappa shape index (κ3) is 2.50. The van der Waals surface area contributed by atoms with Gasteiger partial charge in [-0.25, -0.2) is 4.98 Å². The van der Waals surface area contributed by atoms with Gasteiger partial charge in [-0.05, 0) is 42.3 Å². The Hall–Kier alpha value is -1.16. The Morgan fingerprint density at radius 1 is 1.38 bits per heavy atom. The minimum atomic E-state index is -0.0712. The van der Waals surface area contributed by atoms with Crippen LogP contribution in [0.15, 0.2) is 21.4 Å². The van der Waals surface area contributed by atoms with E-state index in [-0.39, 0.29) is 5.56 Å². The maximum atomic E-state index is 12.0. The molecule has 0 aliphatic heterocycles. The Kier molecular flexibility index (Phi) is 4.68. The van der Waals surface area contributed by atoms with Crippen molar-refractivity contribution in [3.8, 4) is 0 Å². The van der Waals surface area contributed by atoms with Crippen LogP contribution in [0, 0.1) is 0 Å². The molecule has 0 saturated carbocycles. The van der Waals surface area contributed by atoms with Crippen molar-refractivity contribution in [1.82, 2.24) is 9.55 Å². The number of nitrogens with zero attached hydrogens (tertiary/aromatic N) is 2. The molecule has 0 N–H and O–H groups in total. The van der Waals surface area contributed by atoms with E-state index in [1.54, 1.807) is 6.20 Å². The zero-order valence-corrected chi connectivity index (χ0v) is 11.3. The summed E-state index contributed by atoms with van der Waals surface area (Å²) >= 11 is 3.29. The fraction of sp³-hybridized carbons (Fsp3) is 0.333. The van der Waals surface area contributed by atoms with Gasteiger partial charge in [0.25, 0.3) is 5.56 Å². The van der Waals surface area contributed by atoms with Gasteiger partial charge in [0.15, 0.2) is 0 Å². The standard InChI is InChI=1S/C12H15BrN2O/c1-4-7-10-14-9(6-3)11(13)12(16)15(10)8-5-2/h4-5,7-8H,6H2,1-3H3/b7-4-,8-5-. The fourth-order valence-electron chi connectivity index (χ4n) is 1.37. The average molecular weight is 283 g/mol. The predicted octanol–water partition coefficient (Wildman–Crippen LogP) is 3.09. The molecule has 16 heavy (non-hydrogen) atoms. The monoisotopic (exact) mass is 282 g/mol. The molecule has 0 spiro atoms. The quantitative estimate of drug-likeness (QED) is 0.854. The Morgan fingerprint density at radius 2 is 2.06 bits per heavy atom. The molecule has 1 heterocycles. The molecule has 0 aromatic carbocycles. The molecule has 1 aromatic rings. The predicted molar refractivity (Wildman–Crippen MR) is 71.3 cm³/mol. The molecule has 0 unspecified atom stereocenters. The van der Waals surface area contributed by atoms with Crippen LogP contribution in [0.2, 0.25) is 0 Å². The van der Waals surface area contributed by atoms with Crippen LogP contribution in [0.1, 0.15) is 32.3 Å². The molecule has 0 atom stereocenters. The molecule has 1 aromatic heterocycles. The van der Waals surface area contributed by atoms with Crippen molar-refractivity contribution in [3.63, 3.8) is 0 Å². The van der Waals surface area contributed by atoms with Crippen LogP contribution in [0.5, 0.6) is 0 Å². The smallest absolute Gasteiger partial charge is 0.268 e. The first-order chi connectivity index (χ1) is 7.65. The summed E-state index contributed by atoms with van der Waals surface area (Å²) in [5, 5.41) is 0. The molecular weight excluding hydrogens is 268 g/mol. The second-order valence-corrected chi connectivity index (χ2v) is 4.03. The van der Waals surface area contributed by atoms with E-state index in [2.05, 4.69) is 20.9 Å². The van der Waals surface area contributed by atoms with Crippen LogP contribution in [-0.4, -0.2) is 9.55 Å². The topological polar surface area (TPSA) is 34.9 Å². The van der Waals surface area contributed by atoms with Crippen molar-refractivity contribution < 1.29 is 0 Å². The molecule has 0 radical (unpaired) electrons. The molecule has 4 heteroatoms. The van der Waals surface area contributed by atoms with E-state index in [0.29, 0.717) is 10.3 Å². The zero-order chi connectivity index (χ0) is 12.1. The molecule has 0 fully saturated rings. The van der Waals surface area contributed by atoms with Gasteiger partial charge in [0.1, 0.15) is 10.3 Å². The summed E-state index contributed by atoms with van der Waals surface area (Å²) in [6, 6.07) is 0. The second-order valence-electron chi connectivity index (χ2n) is 3.24. The van der Waals surface area contributed by atoms with Gasteiger partial charge in [0.05, 0.1) is 5.69 Å². The highest BCUT2D eigenvalue weighted by molar-refractivity contribution is 9.10. The number of hydrogen-bond donors (Lipinski definition) is 0. The first-order valence-corrected chi connectivity index (χ1v) is 6.01. The first kappa shape index (κ1) is 12.9. The number of halogens is 1. The van der Waals surface area contributed by atoms with E-state index in [4.69, 9.17) is 0 Å². The van der Waals surface area contributed by atoms with Crippen LogP contribution >= 0.6 is 15.9 Å². The van der Waals surface area contributed by atoms with Crippen molar-refractivity contribution in [2.75, 3.05) is 0 Å². The lowest BCUT2D eigenvalue weighted by Crippen LogP contribution is -2.22. The minimum absolute atomic E-state index is 0.0712. The highest BCUT2D eigenvalue weighted by Gasteiger charge is 2.09. The van der Waals surface area contributed by atoms with E-state index in [1.165, 1.54) is 4.57 Å². The van der Waals surface area contributed by atoms with Crippen molar-refractivity contribution in [3.05, 3.63) is 38.5 Å². The summed E-state index contributed by atoms with van der Waals surface area (Å²) in [4.78, 5) is 16.5.